The number of fused-ring (bicyclic) bond motifs is 1. The van der Waals surface area contributed by atoms with Crippen LogP contribution in [0.5, 0.6) is 11.5 Å². The summed E-state index contributed by atoms with van der Waals surface area (Å²) in [5, 5.41) is 9.62. The number of ether oxygens (including phenoxy) is 2. The third-order valence-electron chi connectivity index (χ3n) is 3.89. The Balaban J connectivity index is 1.99. The monoisotopic (exact) mass is 425 g/mol. The van der Waals surface area contributed by atoms with Crippen LogP contribution < -0.4 is 9.47 Å². The number of hydrogen-bond donors (Lipinski definition) is 1. The van der Waals surface area contributed by atoms with Gasteiger partial charge in [0.25, 0.3) is 0 Å². The van der Waals surface area contributed by atoms with Crippen LogP contribution in [0.25, 0.3) is 22.7 Å². The van der Waals surface area contributed by atoms with Crippen molar-refractivity contribution < 1.29 is 9.47 Å². The van der Waals surface area contributed by atoms with E-state index in [0.717, 1.165) is 21.1 Å². The maximum atomic E-state index is 9.62. The lowest BCUT2D eigenvalue weighted by Crippen LogP contribution is -2.06. The third kappa shape index (κ3) is 4.32. The first-order chi connectivity index (χ1) is 13.0. The number of allylic oxidation sites excluding steroid dienone is 1. The Morgan fingerprint density at radius 1 is 1.33 bits per heavy atom. The van der Waals surface area contributed by atoms with Crippen molar-refractivity contribution in [3.63, 3.8) is 0 Å². The minimum atomic E-state index is 0.402. The van der Waals surface area contributed by atoms with E-state index in [2.05, 4.69) is 45.8 Å². The molecule has 0 amide bonds. The van der Waals surface area contributed by atoms with E-state index in [9.17, 15) is 5.26 Å². The lowest BCUT2D eigenvalue weighted by atomic mass is 10.1. The van der Waals surface area contributed by atoms with Crippen molar-refractivity contribution in [2.45, 2.75) is 13.8 Å². The fourth-order valence-electron chi connectivity index (χ4n) is 2.61. The second kappa shape index (κ2) is 8.28. The highest BCUT2D eigenvalue weighted by Gasteiger charge is 2.13. The summed E-state index contributed by atoms with van der Waals surface area (Å²) in [5.74, 6) is 2.21. The van der Waals surface area contributed by atoms with Crippen molar-refractivity contribution in [3.05, 3.63) is 52.3 Å². The molecule has 27 heavy (non-hydrogen) atoms. The smallest absolute Gasteiger partial charge is 0.175 e. The lowest BCUT2D eigenvalue weighted by molar-refractivity contribution is 0.255. The maximum Gasteiger partial charge on any atom is 0.175 e. The molecule has 0 aliphatic rings. The highest BCUT2D eigenvalue weighted by atomic mass is 79.9. The Labute approximate surface area is 166 Å². The van der Waals surface area contributed by atoms with Crippen LogP contribution >= 0.6 is 15.9 Å². The van der Waals surface area contributed by atoms with E-state index >= 15 is 0 Å². The molecule has 3 aromatic rings. The summed E-state index contributed by atoms with van der Waals surface area (Å²) in [6, 6.07) is 13.7. The second-order valence-electron chi connectivity index (χ2n) is 6.51. The van der Waals surface area contributed by atoms with Crippen molar-refractivity contribution in [1.29, 1.82) is 5.26 Å². The molecule has 0 fully saturated rings. The van der Waals surface area contributed by atoms with Gasteiger partial charge in [0.2, 0.25) is 0 Å². The molecule has 3 rings (SSSR count). The van der Waals surface area contributed by atoms with E-state index in [1.807, 2.05) is 36.4 Å². The maximum absolute atomic E-state index is 9.62. The highest BCUT2D eigenvalue weighted by molar-refractivity contribution is 9.10. The summed E-state index contributed by atoms with van der Waals surface area (Å²) in [7, 11) is 1.60. The van der Waals surface area contributed by atoms with E-state index in [4.69, 9.17) is 9.47 Å². The number of aromatic amines is 1. The Hall–Kier alpha value is -2.78. The fourth-order valence-corrected chi connectivity index (χ4v) is 3.19. The van der Waals surface area contributed by atoms with E-state index in [1.165, 1.54) is 0 Å². The van der Waals surface area contributed by atoms with Gasteiger partial charge in [0.15, 0.2) is 11.5 Å². The van der Waals surface area contributed by atoms with Crippen LogP contribution in [0, 0.1) is 17.2 Å². The molecule has 0 unspecified atom stereocenters. The molecule has 0 atom stereocenters. The number of nitriles is 1. The van der Waals surface area contributed by atoms with Gasteiger partial charge in [0, 0.05) is 0 Å². The van der Waals surface area contributed by atoms with Crippen molar-refractivity contribution in [1.82, 2.24) is 9.97 Å². The van der Waals surface area contributed by atoms with Gasteiger partial charge >= 0.3 is 0 Å². The molecule has 5 nitrogen and oxygen atoms in total. The second-order valence-corrected chi connectivity index (χ2v) is 7.37. The number of nitrogens with one attached hydrogen (secondary N) is 1. The SMILES string of the molecule is COc1cc(C=C(C#N)c2nc3ccccc3[nH]2)cc(Br)c1OCC(C)C. The number of nitrogens with zero attached hydrogens (tertiary/aromatic N) is 2. The van der Waals surface area contributed by atoms with E-state index in [1.54, 1.807) is 13.2 Å². The van der Waals surface area contributed by atoms with Crippen molar-refractivity contribution >= 4 is 38.6 Å². The zero-order valence-electron chi connectivity index (χ0n) is 15.4. The van der Waals surface area contributed by atoms with Crippen LogP contribution in [-0.4, -0.2) is 23.7 Å². The third-order valence-corrected chi connectivity index (χ3v) is 4.48. The standard InChI is InChI=1S/C21H20BrN3O2/c1-13(2)12-27-20-16(22)9-14(10-19(20)26-3)8-15(11-23)21-24-17-6-4-5-7-18(17)25-21/h4-10,13H,12H2,1-3H3,(H,24,25). The molecule has 138 valence electrons. The Kier molecular flexibility index (Phi) is 5.82. The number of hydrogen-bond acceptors (Lipinski definition) is 4. The molecule has 0 spiro atoms. The van der Waals surface area contributed by atoms with E-state index in [0.29, 0.717) is 35.4 Å². The molecule has 0 bridgehead atoms. The van der Waals surface area contributed by atoms with Crippen LogP contribution in [0.4, 0.5) is 0 Å². The van der Waals surface area contributed by atoms with Crippen LogP contribution in [0.15, 0.2) is 40.9 Å². The molecule has 0 aliphatic carbocycles. The number of rotatable bonds is 6. The van der Waals surface area contributed by atoms with Crippen LogP contribution in [0.2, 0.25) is 0 Å². The van der Waals surface area contributed by atoms with Crippen LogP contribution in [0.1, 0.15) is 25.2 Å². The molecule has 0 saturated carbocycles. The zero-order valence-corrected chi connectivity index (χ0v) is 17.0. The van der Waals surface area contributed by atoms with Gasteiger partial charge in [-0.2, -0.15) is 5.26 Å². The van der Waals surface area contributed by atoms with Gasteiger partial charge in [-0.1, -0.05) is 26.0 Å². The molecule has 2 aromatic carbocycles. The zero-order chi connectivity index (χ0) is 19.4. The summed E-state index contributed by atoms with van der Waals surface area (Å²) in [6.07, 6.45) is 1.78. The first-order valence-corrected chi connectivity index (χ1v) is 9.38. The minimum absolute atomic E-state index is 0.402. The number of aromatic nitrogens is 2. The summed E-state index contributed by atoms with van der Waals surface area (Å²) < 4.78 is 12.1. The molecule has 0 aliphatic heterocycles. The average molecular weight is 426 g/mol. The van der Waals surface area contributed by atoms with E-state index < -0.39 is 0 Å². The van der Waals surface area contributed by atoms with Gasteiger partial charge in [-0.25, -0.2) is 4.98 Å². The summed E-state index contributed by atoms with van der Waals surface area (Å²) >= 11 is 3.54. The molecule has 1 heterocycles. The van der Waals surface area contributed by atoms with Gasteiger partial charge in [-0.15, -0.1) is 0 Å². The van der Waals surface area contributed by atoms with Crippen LogP contribution in [0.3, 0.4) is 0 Å². The Bertz CT molecular complexity index is 999. The van der Waals surface area contributed by atoms with Gasteiger partial charge in [0.05, 0.1) is 34.8 Å². The molecule has 6 heteroatoms. The average Bonchev–Trinajstić information content (AvgIpc) is 3.08. The highest BCUT2D eigenvalue weighted by Crippen LogP contribution is 2.37. The number of halogens is 1. The predicted octanol–water partition coefficient (Wildman–Crippen LogP) is 5.43. The van der Waals surface area contributed by atoms with Gasteiger partial charge in [-0.05, 0) is 57.8 Å². The fraction of sp³-hybridized carbons (Fsp3) is 0.238. The number of H-pyrrole nitrogens is 1. The van der Waals surface area contributed by atoms with Crippen molar-refractivity contribution in [3.8, 4) is 17.6 Å². The van der Waals surface area contributed by atoms with Crippen molar-refractivity contribution in [2.75, 3.05) is 13.7 Å². The number of imidazole rings is 1. The minimum Gasteiger partial charge on any atom is -0.493 e. The Morgan fingerprint density at radius 3 is 2.78 bits per heavy atom. The van der Waals surface area contributed by atoms with Gasteiger partial charge < -0.3 is 14.5 Å². The first-order valence-electron chi connectivity index (χ1n) is 8.59. The normalized spacial score (nSPS) is 11.6. The molecular weight excluding hydrogens is 406 g/mol. The molecule has 1 aromatic heterocycles. The first kappa shape index (κ1) is 19.0. The quantitative estimate of drug-likeness (QED) is 0.534. The predicted molar refractivity (Wildman–Crippen MR) is 111 cm³/mol. The number of methoxy groups -OCH3 is 1. The van der Waals surface area contributed by atoms with Crippen LogP contribution in [-0.2, 0) is 0 Å². The Morgan fingerprint density at radius 2 is 2.11 bits per heavy atom. The molecule has 1 N–H and O–H groups in total. The molecular formula is C21H20BrN3O2. The van der Waals surface area contributed by atoms with E-state index in [-0.39, 0.29) is 0 Å². The number of benzene rings is 2. The topological polar surface area (TPSA) is 70.9 Å². The largest absolute Gasteiger partial charge is 0.493 e. The lowest BCUT2D eigenvalue weighted by Gasteiger charge is -2.15. The molecule has 0 saturated heterocycles. The van der Waals surface area contributed by atoms with Gasteiger partial charge in [-0.3, -0.25) is 0 Å². The number of para-hydroxylation sites is 2. The summed E-state index contributed by atoms with van der Waals surface area (Å²) in [5.41, 5.74) is 2.97. The van der Waals surface area contributed by atoms with Gasteiger partial charge in [0.1, 0.15) is 11.9 Å². The van der Waals surface area contributed by atoms with Crippen molar-refractivity contribution in [2.24, 2.45) is 5.92 Å². The molecule has 0 radical (unpaired) electrons. The summed E-state index contributed by atoms with van der Waals surface area (Å²) in [4.78, 5) is 7.68. The summed E-state index contributed by atoms with van der Waals surface area (Å²) in [6.45, 7) is 4.76.